The maximum absolute atomic E-state index is 10.8. The van der Waals surface area contributed by atoms with Gasteiger partial charge in [0.1, 0.15) is 6.04 Å². The molecule has 0 aromatic carbocycles. The lowest BCUT2D eigenvalue weighted by atomic mass is 10.2. The highest BCUT2D eigenvalue weighted by atomic mass is 16.4. The average molecular weight is 254 g/mol. The maximum Gasteiger partial charge on any atom is 0.323 e. The van der Waals surface area contributed by atoms with Crippen molar-refractivity contribution in [1.29, 1.82) is 0 Å². The highest BCUT2D eigenvalue weighted by Crippen LogP contribution is 2.03. The fraction of sp³-hybridized carbons (Fsp3) is 0.545. The van der Waals surface area contributed by atoms with Crippen LogP contribution in [0.1, 0.15) is 12.5 Å². The van der Waals surface area contributed by atoms with E-state index < -0.39 is 18.1 Å². The molecule has 1 aromatic rings. The van der Waals surface area contributed by atoms with E-state index in [1.54, 1.807) is 17.3 Å². The monoisotopic (exact) mass is 254 g/mol. The maximum atomic E-state index is 10.8. The minimum absolute atomic E-state index is 0.287. The first-order valence-corrected chi connectivity index (χ1v) is 5.54. The van der Waals surface area contributed by atoms with E-state index >= 15 is 0 Å². The molecule has 2 atom stereocenters. The number of carbonyl (C=O) groups is 1. The van der Waals surface area contributed by atoms with Gasteiger partial charge in [0.25, 0.3) is 0 Å². The molecule has 1 heterocycles. The SMILES string of the molecule is C[C@@H](O)[C@H](NCc1cnc(N(C)C)nc1)C(=O)O. The van der Waals surface area contributed by atoms with Crippen LogP contribution in [0, 0.1) is 0 Å². The second kappa shape index (κ2) is 6.27. The van der Waals surface area contributed by atoms with Gasteiger partial charge in [-0.2, -0.15) is 0 Å². The molecule has 0 unspecified atom stereocenters. The van der Waals surface area contributed by atoms with Crippen LogP contribution in [0.3, 0.4) is 0 Å². The van der Waals surface area contributed by atoms with Gasteiger partial charge in [-0.05, 0) is 6.92 Å². The first kappa shape index (κ1) is 14.3. The molecular weight excluding hydrogens is 236 g/mol. The van der Waals surface area contributed by atoms with Crippen LogP contribution in [-0.4, -0.2) is 52.4 Å². The van der Waals surface area contributed by atoms with Crippen LogP contribution >= 0.6 is 0 Å². The molecule has 0 amide bonds. The first-order chi connectivity index (χ1) is 8.41. The van der Waals surface area contributed by atoms with Crippen LogP contribution in [0.25, 0.3) is 0 Å². The lowest BCUT2D eigenvalue weighted by Crippen LogP contribution is -2.44. The summed E-state index contributed by atoms with van der Waals surface area (Å²) in [4.78, 5) is 20.8. The van der Waals surface area contributed by atoms with Crippen molar-refractivity contribution in [3.8, 4) is 0 Å². The van der Waals surface area contributed by atoms with E-state index in [2.05, 4.69) is 15.3 Å². The van der Waals surface area contributed by atoms with Gasteiger partial charge in [0, 0.05) is 38.6 Å². The van der Waals surface area contributed by atoms with Gasteiger partial charge in [-0.25, -0.2) is 9.97 Å². The summed E-state index contributed by atoms with van der Waals surface area (Å²) < 4.78 is 0. The number of nitrogens with zero attached hydrogens (tertiary/aromatic N) is 3. The van der Waals surface area contributed by atoms with Crippen molar-refractivity contribution in [2.45, 2.75) is 25.6 Å². The number of aliphatic hydroxyl groups excluding tert-OH is 1. The highest BCUT2D eigenvalue weighted by Gasteiger charge is 2.22. The molecule has 0 saturated heterocycles. The van der Waals surface area contributed by atoms with Gasteiger partial charge in [-0.15, -0.1) is 0 Å². The third-order valence-corrected chi connectivity index (χ3v) is 2.37. The topological polar surface area (TPSA) is 98.6 Å². The molecule has 0 aliphatic carbocycles. The van der Waals surface area contributed by atoms with Gasteiger partial charge in [0.2, 0.25) is 5.95 Å². The van der Waals surface area contributed by atoms with E-state index in [-0.39, 0.29) is 6.54 Å². The zero-order chi connectivity index (χ0) is 13.7. The Morgan fingerprint density at radius 3 is 2.39 bits per heavy atom. The van der Waals surface area contributed by atoms with Crippen molar-refractivity contribution in [2.75, 3.05) is 19.0 Å². The highest BCUT2D eigenvalue weighted by molar-refractivity contribution is 5.74. The molecule has 0 radical (unpaired) electrons. The van der Waals surface area contributed by atoms with E-state index in [1.165, 1.54) is 6.92 Å². The van der Waals surface area contributed by atoms with E-state index in [9.17, 15) is 9.90 Å². The van der Waals surface area contributed by atoms with Gasteiger partial charge in [0.05, 0.1) is 6.10 Å². The van der Waals surface area contributed by atoms with Crippen LogP contribution in [0.5, 0.6) is 0 Å². The largest absolute Gasteiger partial charge is 0.480 e. The third-order valence-electron chi connectivity index (χ3n) is 2.37. The van der Waals surface area contributed by atoms with Gasteiger partial charge in [-0.1, -0.05) is 0 Å². The predicted octanol–water partition coefficient (Wildman–Crippen LogP) is -0.534. The van der Waals surface area contributed by atoms with Crippen molar-refractivity contribution in [2.24, 2.45) is 0 Å². The van der Waals surface area contributed by atoms with Gasteiger partial charge < -0.3 is 15.1 Å². The molecule has 100 valence electrons. The number of aliphatic carboxylic acids is 1. The minimum Gasteiger partial charge on any atom is -0.480 e. The Labute approximate surface area is 105 Å². The molecule has 1 aromatic heterocycles. The van der Waals surface area contributed by atoms with Crippen molar-refractivity contribution < 1.29 is 15.0 Å². The number of rotatable bonds is 6. The Morgan fingerprint density at radius 1 is 1.44 bits per heavy atom. The third kappa shape index (κ3) is 3.94. The summed E-state index contributed by atoms with van der Waals surface area (Å²) in [5.41, 5.74) is 0.757. The first-order valence-electron chi connectivity index (χ1n) is 5.54. The summed E-state index contributed by atoms with van der Waals surface area (Å²) in [7, 11) is 3.67. The molecule has 0 aliphatic heterocycles. The molecule has 0 spiro atoms. The second-order valence-corrected chi connectivity index (χ2v) is 4.22. The average Bonchev–Trinajstić information content (AvgIpc) is 2.28. The lowest BCUT2D eigenvalue weighted by Gasteiger charge is -2.17. The Balaban J connectivity index is 2.60. The Kier molecular flexibility index (Phi) is 4.99. The molecule has 0 aliphatic rings. The molecule has 7 nitrogen and oxygen atoms in total. The normalized spacial score (nSPS) is 14.0. The summed E-state index contributed by atoms with van der Waals surface area (Å²) in [6, 6.07) is -1.00. The van der Waals surface area contributed by atoms with Gasteiger partial charge in [-0.3, -0.25) is 10.1 Å². The van der Waals surface area contributed by atoms with E-state index in [4.69, 9.17) is 5.11 Å². The molecule has 18 heavy (non-hydrogen) atoms. The number of anilines is 1. The van der Waals surface area contributed by atoms with E-state index in [1.807, 2.05) is 14.1 Å². The molecular formula is C11H18N4O3. The summed E-state index contributed by atoms with van der Waals surface area (Å²) >= 11 is 0. The van der Waals surface area contributed by atoms with Crippen LogP contribution in [0.2, 0.25) is 0 Å². The molecule has 3 N–H and O–H groups in total. The summed E-state index contributed by atoms with van der Waals surface area (Å²) in [6.07, 6.45) is 2.27. The molecule has 0 saturated carbocycles. The van der Waals surface area contributed by atoms with Crippen molar-refractivity contribution in [3.63, 3.8) is 0 Å². The minimum atomic E-state index is -1.09. The summed E-state index contributed by atoms with van der Waals surface area (Å²) in [5.74, 6) is -0.500. The van der Waals surface area contributed by atoms with Gasteiger partial charge in [0.15, 0.2) is 0 Å². The fourth-order valence-corrected chi connectivity index (χ4v) is 1.36. The van der Waals surface area contributed by atoms with Crippen LogP contribution in [0.15, 0.2) is 12.4 Å². The Hall–Kier alpha value is -1.73. The van der Waals surface area contributed by atoms with Crippen LogP contribution in [0.4, 0.5) is 5.95 Å². The van der Waals surface area contributed by atoms with Crippen LogP contribution in [-0.2, 0) is 11.3 Å². The number of aromatic nitrogens is 2. The van der Waals surface area contributed by atoms with Crippen molar-refractivity contribution in [3.05, 3.63) is 18.0 Å². The van der Waals surface area contributed by atoms with Crippen LogP contribution < -0.4 is 10.2 Å². The number of nitrogens with one attached hydrogen (secondary N) is 1. The lowest BCUT2D eigenvalue weighted by molar-refractivity contribution is -0.142. The Bertz CT molecular complexity index is 392. The number of aliphatic hydroxyl groups is 1. The number of hydrogen-bond donors (Lipinski definition) is 3. The molecule has 0 bridgehead atoms. The zero-order valence-corrected chi connectivity index (χ0v) is 10.7. The number of carboxylic acids is 1. The summed E-state index contributed by atoms with van der Waals surface area (Å²) in [5, 5.41) is 20.9. The standard InChI is InChI=1S/C11H18N4O3/c1-7(16)9(10(17)18)12-4-8-5-13-11(14-6-8)15(2)3/h5-7,9,12,16H,4H2,1-3H3,(H,17,18)/t7-,9+/m1/s1. The van der Waals surface area contributed by atoms with E-state index in [0.717, 1.165) is 5.56 Å². The zero-order valence-electron chi connectivity index (χ0n) is 10.7. The fourth-order valence-electron chi connectivity index (χ4n) is 1.36. The van der Waals surface area contributed by atoms with E-state index in [0.29, 0.717) is 5.95 Å². The predicted molar refractivity (Wildman–Crippen MR) is 66.3 cm³/mol. The number of carboxylic acid groups (broad SMARTS) is 1. The molecule has 7 heteroatoms. The van der Waals surface area contributed by atoms with Crippen molar-refractivity contribution >= 4 is 11.9 Å². The molecule has 1 rings (SSSR count). The quantitative estimate of drug-likeness (QED) is 0.627. The second-order valence-electron chi connectivity index (χ2n) is 4.22. The van der Waals surface area contributed by atoms with Gasteiger partial charge >= 0.3 is 5.97 Å². The Morgan fingerprint density at radius 2 is 2.00 bits per heavy atom. The van der Waals surface area contributed by atoms with Crippen molar-refractivity contribution in [1.82, 2.24) is 15.3 Å². The summed E-state index contributed by atoms with van der Waals surface area (Å²) in [6.45, 7) is 1.72. The molecule has 0 fully saturated rings. The number of hydrogen-bond acceptors (Lipinski definition) is 6. The smallest absolute Gasteiger partial charge is 0.323 e.